The lowest BCUT2D eigenvalue weighted by atomic mass is 9.88. The molecule has 86 valence electrons. The van der Waals surface area contributed by atoms with Gasteiger partial charge < -0.3 is 10.2 Å². The summed E-state index contributed by atoms with van der Waals surface area (Å²) in [4.78, 5) is 23.0. The van der Waals surface area contributed by atoms with Crippen molar-refractivity contribution in [3.05, 3.63) is 41.0 Å². The standard InChI is InChI=1S/C12H8O4S/c13-8-3-1-2-7-9(17)4-6(5-10(14)15)12(16)11(7)8/h1-4,13H,5H2,(H,14,15). The number of benzene rings is 1. The number of carboxylic acids is 1. The molecule has 17 heavy (non-hydrogen) atoms. The van der Waals surface area contributed by atoms with Crippen molar-refractivity contribution in [3.63, 3.8) is 0 Å². The Kier molecular flexibility index (Phi) is 2.77. The molecule has 1 aliphatic rings. The van der Waals surface area contributed by atoms with Gasteiger partial charge in [-0.2, -0.15) is 0 Å². The minimum Gasteiger partial charge on any atom is -0.507 e. The molecule has 0 amide bonds. The number of ketones is 1. The number of aliphatic carboxylic acids is 1. The Morgan fingerprint density at radius 1 is 1.35 bits per heavy atom. The van der Waals surface area contributed by atoms with Crippen LogP contribution >= 0.6 is 12.2 Å². The highest BCUT2D eigenvalue weighted by Gasteiger charge is 2.27. The molecule has 0 atom stereocenters. The van der Waals surface area contributed by atoms with E-state index in [1.165, 1.54) is 12.1 Å². The van der Waals surface area contributed by atoms with Crippen molar-refractivity contribution in [2.45, 2.75) is 6.42 Å². The Labute approximate surface area is 102 Å². The number of phenolic OH excluding ortho intramolecular Hbond substituents is 1. The van der Waals surface area contributed by atoms with Crippen molar-refractivity contribution in [3.8, 4) is 5.75 Å². The first-order chi connectivity index (χ1) is 8.00. The van der Waals surface area contributed by atoms with Gasteiger partial charge in [0.15, 0.2) is 5.78 Å². The number of Topliss-reactive ketones (excluding diaryl/α,β-unsaturated/α-hetero) is 1. The molecule has 2 rings (SSSR count). The summed E-state index contributed by atoms with van der Waals surface area (Å²) < 4.78 is 0. The molecule has 0 fully saturated rings. The summed E-state index contributed by atoms with van der Waals surface area (Å²) in [5, 5.41) is 18.3. The van der Waals surface area contributed by atoms with E-state index in [0.29, 0.717) is 10.4 Å². The van der Waals surface area contributed by atoms with Crippen molar-refractivity contribution in [1.29, 1.82) is 0 Å². The molecular formula is C12H8O4S. The highest BCUT2D eigenvalue weighted by atomic mass is 32.1. The van der Waals surface area contributed by atoms with E-state index in [1.807, 2.05) is 0 Å². The van der Waals surface area contributed by atoms with Crippen molar-refractivity contribution >= 4 is 28.8 Å². The van der Waals surface area contributed by atoms with E-state index in [2.05, 4.69) is 0 Å². The second-order valence-corrected chi connectivity index (χ2v) is 4.07. The van der Waals surface area contributed by atoms with Crippen LogP contribution in [0.2, 0.25) is 0 Å². The van der Waals surface area contributed by atoms with Crippen molar-refractivity contribution in [2.24, 2.45) is 0 Å². The summed E-state index contributed by atoms with van der Waals surface area (Å²) >= 11 is 5.07. The fourth-order valence-electron chi connectivity index (χ4n) is 1.74. The Morgan fingerprint density at radius 3 is 2.71 bits per heavy atom. The maximum atomic E-state index is 12.0. The molecule has 5 heteroatoms. The van der Waals surface area contributed by atoms with Gasteiger partial charge in [-0.15, -0.1) is 0 Å². The molecule has 0 bridgehead atoms. The van der Waals surface area contributed by atoms with Crippen LogP contribution in [0.25, 0.3) is 0 Å². The first-order valence-corrected chi connectivity index (χ1v) is 5.25. The zero-order chi connectivity index (χ0) is 12.6. The minimum atomic E-state index is -1.11. The number of phenols is 1. The predicted molar refractivity (Wildman–Crippen MR) is 64.5 cm³/mol. The van der Waals surface area contributed by atoms with Crippen LogP contribution in [-0.2, 0) is 4.79 Å². The molecule has 0 aliphatic heterocycles. The lowest BCUT2D eigenvalue weighted by molar-refractivity contribution is -0.136. The van der Waals surface area contributed by atoms with Crippen molar-refractivity contribution < 1.29 is 19.8 Å². The largest absolute Gasteiger partial charge is 0.507 e. The van der Waals surface area contributed by atoms with Gasteiger partial charge in [0.1, 0.15) is 5.75 Å². The first-order valence-electron chi connectivity index (χ1n) is 4.84. The molecule has 1 aliphatic carbocycles. The van der Waals surface area contributed by atoms with Gasteiger partial charge in [0.2, 0.25) is 0 Å². The summed E-state index contributed by atoms with van der Waals surface area (Å²) in [6.45, 7) is 0. The molecule has 0 spiro atoms. The normalized spacial score (nSPS) is 14.2. The Bertz CT molecular complexity index is 572. The average Bonchev–Trinajstić information content (AvgIpc) is 2.24. The summed E-state index contributed by atoms with van der Waals surface area (Å²) in [5.74, 6) is -1.76. The van der Waals surface area contributed by atoms with E-state index in [0.717, 1.165) is 0 Å². The highest BCUT2D eigenvalue weighted by molar-refractivity contribution is 7.81. The smallest absolute Gasteiger partial charge is 0.307 e. The van der Waals surface area contributed by atoms with E-state index in [-0.39, 0.29) is 16.9 Å². The maximum Gasteiger partial charge on any atom is 0.307 e. The first kappa shape index (κ1) is 11.5. The number of aromatic hydroxyl groups is 1. The van der Waals surface area contributed by atoms with Crippen LogP contribution in [-0.4, -0.2) is 26.8 Å². The van der Waals surface area contributed by atoms with E-state index < -0.39 is 18.2 Å². The summed E-state index contributed by atoms with van der Waals surface area (Å²) in [7, 11) is 0. The number of rotatable bonds is 2. The SMILES string of the molecule is O=C(O)CC1=CC(=S)c2cccc(O)c2C1=O. The zero-order valence-corrected chi connectivity index (χ0v) is 9.45. The van der Waals surface area contributed by atoms with Gasteiger partial charge in [0.05, 0.1) is 12.0 Å². The number of hydrogen-bond donors (Lipinski definition) is 2. The van der Waals surface area contributed by atoms with Crippen LogP contribution in [0.4, 0.5) is 0 Å². The zero-order valence-electron chi connectivity index (χ0n) is 8.64. The number of fused-ring (bicyclic) bond motifs is 1. The van der Waals surface area contributed by atoms with Crippen LogP contribution in [0.1, 0.15) is 22.3 Å². The molecule has 0 saturated carbocycles. The van der Waals surface area contributed by atoms with Gasteiger partial charge in [-0.05, 0) is 12.1 Å². The van der Waals surface area contributed by atoms with E-state index >= 15 is 0 Å². The summed E-state index contributed by atoms with van der Waals surface area (Å²) in [6, 6.07) is 4.59. The third kappa shape index (κ3) is 1.97. The average molecular weight is 248 g/mol. The molecule has 0 heterocycles. The van der Waals surface area contributed by atoms with Crippen LogP contribution in [0.3, 0.4) is 0 Å². The number of carbonyl (C=O) groups excluding carboxylic acids is 1. The van der Waals surface area contributed by atoms with Gasteiger partial charge >= 0.3 is 5.97 Å². The van der Waals surface area contributed by atoms with Crippen LogP contribution in [0.15, 0.2) is 29.8 Å². The summed E-state index contributed by atoms with van der Waals surface area (Å²) in [6.07, 6.45) is 0.986. The van der Waals surface area contributed by atoms with E-state index in [4.69, 9.17) is 17.3 Å². The van der Waals surface area contributed by atoms with Crippen LogP contribution < -0.4 is 0 Å². The molecule has 0 saturated heterocycles. The molecule has 2 N–H and O–H groups in total. The molecular weight excluding hydrogens is 240 g/mol. The van der Waals surface area contributed by atoms with Crippen LogP contribution in [0, 0.1) is 0 Å². The third-order valence-corrected chi connectivity index (χ3v) is 2.81. The van der Waals surface area contributed by atoms with Crippen molar-refractivity contribution in [2.75, 3.05) is 0 Å². The Balaban J connectivity index is 2.55. The topological polar surface area (TPSA) is 74.6 Å². The predicted octanol–water partition coefficient (Wildman–Crippen LogP) is 1.71. The number of carboxylic acid groups (broad SMARTS) is 1. The molecule has 0 aromatic heterocycles. The fraction of sp³-hybridized carbons (Fsp3) is 0.0833. The molecule has 0 radical (unpaired) electrons. The molecule has 1 aromatic rings. The lowest BCUT2D eigenvalue weighted by Gasteiger charge is -2.16. The van der Waals surface area contributed by atoms with Gasteiger partial charge in [-0.1, -0.05) is 24.4 Å². The monoisotopic (exact) mass is 248 g/mol. The Morgan fingerprint density at radius 2 is 2.06 bits per heavy atom. The lowest BCUT2D eigenvalue weighted by Crippen LogP contribution is -2.18. The van der Waals surface area contributed by atoms with E-state index in [9.17, 15) is 14.7 Å². The van der Waals surface area contributed by atoms with Gasteiger partial charge in [-0.3, -0.25) is 9.59 Å². The third-order valence-electron chi connectivity index (χ3n) is 2.47. The van der Waals surface area contributed by atoms with Gasteiger partial charge in [0.25, 0.3) is 0 Å². The summed E-state index contributed by atoms with van der Waals surface area (Å²) in [5.41, 5.74) is 0.659. The van der Waals surface area contributed by atoms with E-state index in [1.54, 1.807) is 12.1 Å². The maximum absolute atomic E-state index is 12.0. The second kappa shape index (κ2) is 4.10. The van der Waals surface area contributed by atoms with Crippen molar-refractivity contribution in [1.82, 2.24) is 0 Å². The molecule has 0 unspecified atom stereocenters. The second-order valence-electron chi connectivity index (χ2n) is 3.63. The number of thiocarbonyl (C=S) groups is 1. The fourth-order valence-corrected chi connectivity index (χ4v) is 2.05. The molecule has 4 nitrogen and oxygen atoms in total. The molecule has 1 aromatic carbocycles. The highest BCUT2D eigenvalue weighted by Crippen LogP contribution is 2.30. The van der Waals surface area contributed by atoms with Gasteiger partial charge in [0, 0.05) is 16.0 Å². The van der Waals surface area contributed by atoms with Crippen LogP contribution in [0.5, 0.6) is 5.75 Å². The minimum absolute atomic E-state index is 0.0938. The van der Waals surface area contributed by atoms with Gasteiger partial charge in [-0.25, -0.2) is 0 Å². The number of carbonyl (C=O) groups is 2. The Hall–Kier alpha value is -2.01. The number of hydrogen-bond acceptors (Lipinski definition) is 4. The quantitative estimate of drug-likeness (QED) is 0.779. The number of allylic oxidation sites excluding steroid dienone is 1.